The molecule has 0 saturated heterocycles. The van der Waals surface area contributed by atoms with Crippen molar-refractivity contribution in [1.29, 1.82) is 0 Å². The molecule has 2 atom stereocenters. The minimum Gasteiger partial charge on any atom is -0.353 e. The summed E-state index contributed by atoms with van der Waals surface area (Å²) in [4.78, 5) is 25.9. The predicted octanol–water partition coefficient (Wildman–Crippen LogP) is 1.06. The van der Waals surface area contributed by atoms with Crippen molar-refractivity contribution in [2.75, 3.05) is 20.6 Å². The summed E-state index contributed by atoms with van der Waals surface area (Å²) in [5.74, 6) is 0.195. The quantitative estimate of drug-likeness (QED) is 0.720. The number of nitrogens with one attached hydrogen (secondary N) is 2. The minimum absolute atomic E-state index is 0.0508. The molecule has 0 aliphatic heterocycles. The van der Waals surface area contributed by atoms with Crippen LogP contribution in [0.2, 0.25) is 0 Å². The van der Waals surface area contributed by atoms with Gasteiger partial charge in [0.05, 0.1) is 0 Å². The monoisotopic (exact) mass is 293 g/mol. The van der Waals surface area contributed by atoms with Crippen LogP contribution in [-0.4, -0.2) is 49.4 Å². The third-order valence-electron chi connectivity index (χ3n) is 4.05. The molecule has 0 aromatic heterocycles. The van der Waals surface area contributed by atoms with Crippen LogP contribution in [0.4, 0.5) is 0 Å². The fourth-order valence-electron chi connectivity index (χ4n) is 2.73. The van der Waals surface area contributed by atoms with E-state index < -0.39 is 0 Å². The molecular weight excluding hydrogens is 266 g/mol. The predicted molar refractivity (Wildman–Crippen MR) is 82.7 cm³/mol. The van der Waals surface area contributed by atoms with Crippen molar-refractivity contribution in [3.05, 3.63) is 12.2 Å². The highest BCUT2D eigenvalue weighted by Crippen LogP contribution is 2.26. The van der Waals surface area contributed by atoms with Crippen molar-refractivity contribution in [2.24, 2.45) is 5.92 Å². The van der Waals surface area contributed by atoms with Gasteiger partial charge in [0, 0.05) is 30.6 Å². The van der Waals surface area contributed by atoms with Gasteiger partial charge in [-0.2, -0.15) is 0 Å². The summed E-state index contributed by atoms with van der Waals surface area (Å²) in [6.07, 6.45) is 9.39. The van der Waals surface area contributed by atoms with E-state index in [1.165, 1.54) is 0 Å². The molecule has 2 fully saturated rings. The maximum absolute atomic E-state index is 12.1. The Kier molecular flexibility index (Phi) is 5.79. The molecule has 2 saturated carbocycles. The van der Waals surface area contributed by atoms with Gasteiger partial charge < -0.3 is 15.5 Å². The Bertz CT molecular complexity index is 402. The molecule has 0 aromatic rings. The molecule has 0 heterocycles. The van der Waals surface area contributed by atoms with Crippen molar-refractivity contribution >= 4 is 11.8 Å². The van der Waals surface area contributed by atoms with Crippen LogP contribution in [0.1, 0.15) is 38.5 Å². The summed E-state index contributed by atoms with van der Waals surface area (Å²) < 4.78 is 0. The Balaban J connectivity index is 1.73. The summed E-state index contributed by atoms with van der Waals surface area (Å²) in [5.41, 5.74) is 0. The molecule has 2 rings (SSSR count). The second-order valence-corrected chi connectivity index (χ2v) is 6.52. The number of carbonyl (C=O) groups excluding carboxylic acids is 2. The zero-order valence-corrected chi connectivity index (χ0v) is 13.1. The van der Waals surface area contributed by atoms with E-state index >= 15 is 0 Å². The second-order valence-electron chi connectivity index (χ2n) is 6.52. The fraction of sp³-hybridized carbons (Fsp3) is 0.750. The van der Waals surface area contributed by atoms with Crippen LogP contribution in [0.15, 0.2) is 12.2 Å². The SMILES string of the molecule is CN(C)C/C=C/C(=O)N[C@@H]1CCC[C@H](C(=O)NC2CC2)C1. The number of hydrogen-bond acceptors (Lipinski definition) is 3. The van der Waals surface area contributed by atoms with Gasteiger partial charge in [0.2, 0.25) is 11.8 Å². The summed E-state index contributed by atoms with van der Waals surface area (Å²) >= 11 is 0. The summed E-state index contributed by atoms with van der Waals surface area (Å²) in [6.45, 7) is 0.754. The molecule has 2 aliphatic carbocycles. The topological polar surface area (TPSA) is 61.4 Å². The van der Waals surface area contributed by atoms with Gasteiger partial charge in [-0.3, -0.25) is 9.59 Å². The van der Waals surface area contributed by atoms with E-state index in [-0.39, 0.29) is 23.8 Å². The number of rotatable bonds is 6. The number of amides is 2. The first-order chi connectivity index (χ1) is 10.0. The van der Waals surface area contributed by atoms with Gasteiger partial charge in [0.15, 0.2) is 0 Å². The van der Waals surface area contributed by atoms with Crippen LogP contribution in [-0.2, 0) is 9.59 Å². The molecule has 0 radical (unpaired) electrons. The maximum Gasteiger partial charge on any atom is 0.243 e. The lowest BCUT2D eigenvalue weighted by atomic mass is 9.85. The van der Waals surface area contributed by atoms with E-state index in [0.29, 0.717) is 6.04 Å². The molecule has 2 amide bonds. The zero-order valence-electron chi connectivity index (χ0n) is 13.1. The van der Waals surface area contributed by atoms with E-state index in [1.807, 2.05) is 25.1 Å². The molecule has 2 aliphatic rings. The Morgan fingerprint density at radius 1 is 1.10 bits per heavy atom. The first-order valence-electron chi connectivity index (χ1n) is 7.96. The van der Waals surface area contributed by atoms with Gasteiger partial charge in [-0.25, -0.2) is 0 Å². The van der Waals surface area contributed by atoms with Gasteiger partial charge in [-0.15, -0.1) is 0 Å². The lowest BCUT2D eigenvalue weighted by molar-refractivity contribution is -0.127. The van der Waals surface area contributed by atoms with E-state index in [1.54, 1.807) is 6.08 Å². The molecule has 5 nitrogen and oxygen atoms in total. The van der Waals surface area contributed by atoms with E-state index in [2.05, 4.69) is 10.6 Å². The molecule has 21 heavy (non-hydrogen) atoms. The van der Waals surface area contributed by atoms with Crippen LogP contribution >= 0.6 is 0 Å². The summed E-state index contributed by atoms with van der Waals surface area (Å²) in [6, 6.07) is 0.548. The standard InChI is InChI=1S/C16H27N3O2/c1-19(2)10-4-7-15(20)17-14-6-3-5-12(11-14)16(21)18-13-8-9-13/h4,7,12-14H,3,5-6,8-11H2,1-2H3,(H,17,20)(H,18,21)/b7-4+/t12-,14+/m0/s1. The normalized spacial score (nSPS) is 26.0. The van der Waals surface area contributed by atoms with Crippen molar-refractivity contribution in [1.82, 2.24) is 15.5 Å². The van der Waals surface area contributed by atoms with Crippen LogP contribution in [0.3, 0.4) is 0 Å². The third kappa shape index (κ3) is 5.87. The van der Waals surface area contributed by atoms with Crippen molar-refractivity contribution in [2.45, 2.75) is 50.6 Å². The highest BCUT2D eigenvalue weighted by atomic mass is 16.2. The van der Waals surface area contributed by atoms with E-state index in [9.17, 15) is 9.59 Å². The van der Waals surface area contributed by atoms with E-state index in [4.69, 9.17) is 0 Å². The molecule has 2 N–H and O–H groups in total. The van der Waals surface area contributed by atoms with Crippen LogP contribution < -0.4 is 10.6 Å². The van der Waals surface area contributed by atoms with E-state index in [0.717, 1.165) is 45.1 Å². The first kappa shape index (κ1) is 16.0. The van der Waals surface area contributed by atoms with Gasteiger partial charge in [-0.05, 0) is 46.2 Å². The molecule has 0 aromatic carbocycles. The largest absolute Gasteiger partial charge is 0.353 e. The van der Waals surface area contributed by atoms with Gasteiger partial charge in [-0.1, -0.05) is 12.5 Å². The van der Waals surface area contributed by atoms with Crippen molar-refractivity contribution < 1.29 is 9.59 Å². The lowest BCUT2D eigenvalue weighted by Crippen LogP contribution is -2.42. The summed E-state index contributed by atoms with van der Waals surface area (Å²) in [5, 5.41) is 6.10. The van der Waals surface area contributed by atoms with Crippen LogP contribution in [0.5, 0.6) is 0 Å². The van der Waals surface area contributed by atoms with Gasteiger partial charge in [0.25, 0.3) is 0 Å². The van der Waals surface area contributed by atoms with Crippen LogP contribution in [0, 0.1) is 5.92 Å². The third-order valence-corrected chi connectivity index (χ3v) is 4.05. The Hall–Kier alpha value is -1.36. The second kappa shape index (κ2) is 7.59. The maximum atomic E-state index is 12.1. The smallest absolute Gasteiger partial charge is 0.243 e. The molecule has 0 unspecified atom stereocenters. The lowest BCUT2D eigenvalue weighted by Gasteiger charge is -2.28. The minimum atomic E-state index is -0.0508. The van der Waals surface area contributed by atoms with Crippen molar-refractivity contribution in [3.63, 3.8) is 0 Å². The number of hydrogen-bond donors (Lipinski definition) is 2. The zero-order chi connectivity index (χ0) is 15.2. The average Bonchev–Trinajstić information content (AvgIpc) is 3.22. The highest BCUT2D eigenvalue weighted by molar-refractivity contribution is 5.87. The van der Waals surface area contributed by atoms with Gasteiger partial charge >= 0.3 is 0 Å². The number of carbonyl (C=O) groups is 2. The van der Waals surface area contributed by atoms with Crippen molar-refractivity contribution in [3.8, 4) is 0 Å². The molecule has 5 heteroatoms. The molecule has 118 valence electrons. The first-order valence-corrected chi connectivity index (χ1v) is 7.96. The molecule has 0 bridgehead atoms. The van der Waals surface area contributed by atoms with Crippen LogP contribution in [0.25, 0.3) is 0 Å². The number of likely N-dealkylation sites (N-methyl/N-ethyl adjacent to an activating group) is 1. The molecule has 0 spiro atoms. The molecular formula is C16H27N3O2. The Morgan fingerprint density at radius 3 is 2.52 bits per heavy atom. The highest BCUT2D eigenvalue weighted by Gasteiger charge is 2.31. The number of nitrogens with zero attached hydrogens (tertiary/aromatic N) is 1. The Morgan fingerprint density at radius 2 is 1.86 bits per heavy atom. The van der Waals surface area contributed by atoms with Gasteiger partial charge in [0.1, 0.15) is 0 Å². The Labute approximate surface area is 127 Å². The fourth-order valence-corrected chi connectivity index (χ4v) is 2.73. The summed E-state index contributed by atoms with van der Waals surface area (Å²) in [7, 11) is 3.93. The average molecular weight is 293 g/mol.